The first kappa shape index (κ1) is 13.1. The molecule has 1 N–H and O–H groups in total. The molecule has 2 rings (SSSR count). The van der Waals surface area contributed by atoms with E-state index < -0.39 is 0 Å². The van der Waals surface area contributed by atoms with Crippen molar-refractivity contribution in [2.45, 2.75) is 33.1 Å². The number of aromatic nitrogens is 1. The van der Waals surface area contributed by atoms with Gasteiger partial charge >= 0.3 is 0 Å². The first-order chi connectivity index (χ1) is 8.54. The van der Waals surface area contributed by atoms with E-state index in [4.69, 9.17) is 9.63 Å². The minimum Gasteiger partial charge on any atom is -0.396 e. The number of hydrogen-bond donors (Lipinski definition) is 1. The number of hydrogen-bond acceptors (Lipinski definition) is 4. The van der Waals surface area contributed by atoms with E-state index in [9.17, 15) is 4.79 Å². The zero-order valence-corrected chi connectivity index (χ0v) is 11.1. The Morgan fingerprint density at radius 1 is 1.61 bits per heavy atom. The number of carbonyl (C=O) groups excluding carboxylic acids is 1. The molecule has 1 aromatic rings. The number of aliphatic hydroxyl groups excluding tert-OH is 1. The van der Waals surface area contributed by atoms with Gasteiger partial charge in [0.05, 0.1) is 5.69 Å². The van der Waals surface area contributed by atoms with Crippen LogP contribution in [0.2, 0.25) is 0 Å². The number of rotatable bonds is 3. The lowest BCUT2D eigenvalue weighted by Gasteiger charge is -2.16. The number of amides is 1. The van der Waals surface area contributed by atoms with Crippen LogP contribution >= 0.6 is 0 Å². The molecule has 0 radical (unpaired) electrons. The normalized spacial score (nSPS) is 19.8. The standard InChI is InChI=1S/C13H20N2O3/c1-8(2)12-11(9(3)14-18-12)13(17)15-5-4-10(6-15)7-16/h8,10,16H,4-7H2,1-3H3. The second-order valence-electron chi connectivity index (χ2n) is 5.25. The molecule has 0 aliphatic carbocycles. The molecule has 1 aliphatic heterocycles. The van der Waals surface area contributed by atoms with Crippen molar-refractivity contribution in [2.75, 3.05) is 19.7 Å². The number of nitrogens with zero attached hydrogens (tertiary/aromatic N) is 2. The van der Waals surface area contributed by atoms with Gasteiger partial charge in [-0.2, -0.15) is 0 Å². The smallest absolute Gasteiger partial charge is 0.259 e. The zero-order valence-electron chi connectivity index (χ0n) is 11.1. The molecule has 18 heavy (non-hydrogen) atoms. The Balaban J connectivity index is 2.21. The van der Waals surface area contributed by atoms with Crippen LogP contribution in [0.4, 0.5) is 0 Å². The monoisotopic (exact) mass is 252 g/mol. The van der Waals surface area contributed by atoms with Crippen molar-refractivity contribution in [3.8, 4) is 0 Å². The molecule has 0 saturated carbocycles. The molecule has 1 unspecified atom stereocenters. The van der Waals surface area contributed by atoms with Crippen molar-refractivity contribution in [3.05, 3.63) is 17.0 Å². The summed E-state index contributed by atoms with van der Waals surface area (Å²) in [6.07, 6.45) is 0.865. The Bertz CT molecular complexity index is 439. The summed E-state index contributed by atoms with van der Waals surface area (Å²) in [7, 11) is 0. The molecule has 0 bridgehead atoms. The summed E-state index contributed by atoms with van der Waals surface area (Å²) in [6.45, 7) is 7.23. The minimum atomic E-state index is -0.0200. The van der Waals surface area contributed by atoms with Gasteiger partial charge < -0.3 is 14.5 Å². The molecule has 5 heteroatoms. The van der Waals surface area contributed by atoms with Crippen LogP contribution in [0, 0.1) is 12.8 Å². The highest BCUT2D eigenvalue weighted by atomic mass is 16.5. The fourth-order valence-corrected chi connectivity index (χ4v) is 2.37. The van der Waals surface area contributed by atoms with E-state index in [0.717, 1.165) is 6.42 Å². The molecule has 1 aromatic heterocycles. The second kappa shape index (κ2) is 5.10. The van der Waals surface area contributed by atoms with Gasteiger partial charge in [0.1, 0.15) is 5.56 Å². The Hall–Kier alpha value is -1.36. The maximum atomic E-state index is 12.5. The van der Waals surface area contributed by atoms with Gasteiger partial charge in [-0.1, -0.05) is 19.0 Å². The van der Waals surface area contributed by atoms with Gasteiger partial charge in [-0.05, 0) is 13.3 Å². The molecule has 2 heterocycles. The van der Waals surface area contributed by atoms with Crippen LogP contribution < -0.4 is 0 Å². The van der Waals surface area contributed by atoms with Crippen molar-refractivity contribution in [1.82, 2.24) is 10.1 Å². The highest BCUT2D eigenvalue weighted by molar-refractivity contribution is 5.96. The number of carbonyl (C=O) groups is 1. The van der Waals surface area contributed by atoms with E-state index >= 15 is 0 Å². The van der Waals surface area contributed by atoms with Crippen molar-refractivity contribution >= 4 is 5.91 Å². The molecule has 0 aromatic carbocycles. The fraction of sp³-hybridized carbons (Fsp3) is 0.692. The third kappa shape index (κ3) is 2.27. The topological polar surface area (TPSA) is 66.6 Å². The molecule has 0 spiro atoms. The van der Waals surface area contributed by atoms with E-state index in [2.05, 4.69) is 5.16 Å². The lowest BCUT2D eigenvalue weighted by molar-refractivity contribution is 0.0778. The first-order valence-corrected chi connectivity index (χ1v) is 6.40. The molecule has 100 valence electrons. The summed E-state index contributed by atoms with van der Waals surface area (Å²) < 4.78 is 5.24. The molecule has 1 saturated heterocycles. The zero-order chi connectivity index (χ0) is 13.3. The summed E-state index contributed by atoms with van der Waals surface area (Å²) in [4.78, 5) is 14.2. The van der Waals surface area contributed by atoms with Gasteiger partial charge in [-0.15, -0.1) is 0 Å². The van der Waals surface area contributed by atoms with Crippen molar-refractivity contribution in [2.24, 2.45) is 5.92 Å². The van der Waals surface area contributed by atoms with E-state index in [1.54, 1.807) is 11.8 Å². The van der Waals surface area contributed by atoms with E-state index in [0.29, 0.717) is 30.1 Å². The maximum absolute atomic E-state index is 12.5. The molecule has 1 aliphatic rings. The van der Waals surface area contributed by atoms with Gasteiger partial charge in [-0.25, -0.2) is 0 Å². The molecule has 1 atom stereocenters. The Labute approximate surface area is 107 Å². The van der Waals surface area contributed by atoms with Gasteiger partial charge in [0.15, 0.2) is 5.76 Å². The van der Waals surface area contributed by atoms with Crippen LogP contribution in [-0.2, 0) is 0 Å². The maximum Gasteiger partial charge on any atom is 0.259 e. The van der Waals surface area contributed by atoms with Gasteiger partial charge in [0, 0.05) is 31.5 Å². The Morgan fingerprint density at radius 2 is 2.33 bits per heavy atom. The quantitative estimate of drug-likeness (QED) is 0.886. The molecule has 1 amide bonds. The Morgan fingerprint density at radius 3 is 2.89 bits per heavy atom. The number of aliphatic hydroxyl groups is 1. The summed E-state index contributed by atoms with van der Waals surface area (Å²) in [6, 6.07) is 0. The summed E-state index contributed by atoms with van der Waals surface area (Å²) >= 11 is 0. The van der Waals surface area contributed by atoms with Gasteiger partial charge in [0.2, 0.25) is 0 Å². The van der Waals surface area contributed by atoms with Crippen LogP contribution in [-0.4, -0.2) is 40.8 Å². The summed E-state index contributed by atoms with van der Waals surface area (Å²) in [5, 5.41) is 13.0. The van der Waals surface area contributed by atoms with E-state index in [1.807, 2.05) is 13.8 Å². The third-order valence-electron chi connectivity index (χ3n) is 3.46. The lowest BCUT2D eigenvalue weighted by Crippen LogP contribution is -2.30. The third-order valence-corrected chi connectivity index (χ3v) is 3.46. The fourth-order valence-electron chi connectivity index (χ4n) is 2.37. The van der Waals surface area contributed by atoms with Gasteiger partial charge in [-0.3, -0.25) is 4.79 Å². The average Bonchev–Trinajstić information content (AvgIpc) is 2.94. The van der Waals surface area contributed by atoms with Crippen molar-refractivity contribution in [1.29, 1.82) is 0 Å². The van der Waals surface area contributed by atoms with Crippen LogP contribution in [0.5, 0.6) is 0 Å². The summed E-state index contributed by atoms with van der Waals surface area (Å²) in [5.41, 5.74) is 1.25. The van der Waals surface area contributed by atoms with Crippen LogP contribution in [0.3, 0.4) is 0 Å². The largest absolute Gasteiger partial charge is 0.396 e. The lowest BCUT2D eigenvalue weighted by atomic mass is 10.0. The number of likely N-dealkylation sites (tertiary alicyclic amines) is 1. The van der Waals surface area contributed by atoms with E-state index in [-0.39, 0.29) is 24.3 Å². The van der Waals surface area contributed by atoms with Crippen LogP contribution in [0.15, 0.2) is 4.52 Å². The highest BCUT2D eigenvalue weighted by Gasteiger charge is 2.31. The first-order valence-electron chi connectivity index (χ1n) is 6.40. The van der Waals surface area contributed by atoms with Crippen molar-refractivity contribution in [3.63, 3.8) is 0 Å². The molecule has 1 fully saturated rings. The molecular formula is C13H20N2O3. The Kier molecular flexibility index (Phi) is 3.71. The number of aryl methyl sites for hydroxylation is 1. The average molecular weight is 252 g/mol. The van der Waals surface area contributed by atoms with Crippen LogP contribution in [0.25, 0.3) is 0 Å². The second-order valence-corrected chi connectivity index (χ2v) is 5.25. The van der Waals surface area contributed by atoms with Crippen molar-refractivity contribution < 1.29 is 14.4 Å². The minimum absolute atomic E-state index is 0.0200. The molecule has 5 nitrogen and oxygen atoms in total. The SMILES string of the molecule is Cc1noc(C(C)C)c1C(=O)N1CCC(CO)C1. The van der Waals surface area contributed by atoms with Gasteiger partial charge in [0.25, 0.3) is 5.91 Å². The predicted molar refractivity (Wildman–Crippen MR) is 66.4 cm³/mol. The summed E-state index contributed by atoms with van der Waals surface area (Å²) in [5.74, 6) is 0.983. The van der Waals surface area contributed by atoms with E-state index in [1.165, 1.54) is 0 Å². The molecular weight excluding hydrogens is 232 g/mol. The highest BCUT2D eigenvalue weighted by Crippen LogP contribution is 2.26. The van der Waals surface area contributed by atoms with Crippen LogP contribution in [0.1, 0.15) is 48.0 Å². The predicted octanol–water partition coefficient (Wildman–Crippen LogP) is 1.56.